The van der Waals surface area contributed by atoms with Crippen molar-refractivity contribution in [1.29, 1.82) is 0 Å². The number of rotatable bonds is 5. The van der Waals surface area contributed by atoms with Crippen molar-refractivity contribution in [2.75, 3.05) is 7.11 Å². The van der Waals surface area contributed by atoms with Crippen molar-refractivity contribution in [1.82, 2.24) is 4.98 Å². The van der Waals surface area contributed by atoms with Crippen LogP contribution in [0.1, 0.15) is 31.1 Å². The van der Waals surface area contributed by atoms with Crippen molar-refractivity contribution < 1.29 is 14.6 Å². The number of aromatic nitrogens is 1. The zero-order chi connectivity index (χ0) is 14.5. The maximum atomic E-state index is 9.74. The molecule has 0 radical (unpaired) electrons. The van der Waals surface area contributed by atoms with E-state index in [4.69, 9.17) is 9.47 Å². The summed E-state index contributed by atoms with van der Waals surface area (Å²) in [5.41, 5.74) is 1.82. The summed E-state index contributed by atoms with van der Waals surface area (Å²) in [6.07, 6.45) is 1.92. The second-order valence-corrected chi connectivity index (χ2v) is 4.51. The van der Waals surface area contributed by atoms with Crippen molar-refractivity contribution in [2.45, 2.75) is 26.4 Å². The minimum Gasteiger partial charge on any atom is -0.493 e. The Balaban J connectivity index is 2.35. The van der Waals surface area contributed by atoms with Crippen LogP contribution in [0.2, 0.25) is 0 Å². The fourth-order valence-electron chi connectivity index (χ4n) is 1.93. The van der Waals surface area contributed by atoms with Crippen molar-refractivity contribution in [3.05, 3.63) is 47.7 Å². The van der Waals surface area contributed by atoms with Crippen LogP contribution in [0.5, 0.6) is 17.4 Å². The highest BCUT2D eigenvalue weighted by molar-refractivity contribution is 5.45. The van der Waals surface area contributed by atoms with Crippen molar-refractivity contribution >= 4 is 0 Å². The molecular formula is C16H19NO3. The topological polar surface area (TPSA) is 51.6 Å². The molecule has 1 atom stereocenters. The molecule has 0 spiro atoms. The minimum atomic E-state index is -0.639. The van der Waals surface area contributed by atoms with Gasteiger partial charge in [-0.15, -0.1) is 0 Å². The summed E-state index contributed by atoms with van der Waals surface area (Å²) in [5.74, 6) is 1.64. The Hall–Kier alpha value is -2.07. The monoisotopic (exact) mass is 273 g/mol. The van der Waals surface area contributed by atoms with E-state index in [0.717, 1.165) is 6.42 Å². The van der Waals surface area contributed by atoms with Crippen LogP contribution in [-0.4, -0.2) is 17.2 Å². The number of aliphatic hydroxyl groups excluding tert-OH is 1. The van der Waals surface area contributed by atoms with Gasteiger partial charge in [-0.05, 0) is 43.2 Å². The van der Waals surface area contributed by atoms with Crippen LogP contribution >= 0.6 is 0 Å². The van der Waals surface area contributed by atoms with Crippen LogP contribution in [0.4, 0.5) is 0 Å². The third-order valence-electron chi connectivity index (χ3n) is 3.09. The summed E-state index contributed by atoms with van der Waals surface area (Å²) in [6, 6.07) is 9.35. The summed E-state index contributed by atoms with van der Waals surface area (Å²) < 4.78 is 11.1. The van der Waals surface area contributed by atoms with Gasteiger partial charge >= 0.3 is 0 Å². The Labute approximate surface area is 119 Å². The number of pyridine rings is 1. The van der Waals surface area contributed by atoms with E-state index < -0.39 is 6.10 Å². The molecule has 0 aliphatic heterocycles. The molecule has 0 aliphatic rings. The van der Waals surface area contributed by atoms with E-state index in [1.807, 2.05) is 18.2 Å². The number of aryl methyl sites for hydroxylation is 1. The van der Waals surface area contributed by atoms with Gasteiger partial charge in [-0.1, -0.05) is 13.0 Å². The van der Waals surface area contributed by atoms with Crippen LogP contribution in [0.3, 0.4) is 0 Å². The van der Waals surface area contributed by atoms with Crippen LogP contribution in [0.15, 0.2) is 36.5 Å². The van der Waals surface area contributed by atoms with Crippen molar-refractivity contribution in [2.24, 2.45) is 0 Å². The SMILES string of the molecule is CCc1ccc(Oc2ncccc2C(C)O)c(OC)c1. The van der Waals surface area contributed by atoms with E-state index in [0.29, 0.717) is 22.9 Å². The number of hydrogen-bond acceptors (Lipinski definition) is 4. The molecule has 0 saturated heterocycles. The van der Waals surface area contributed by atoms with Crippen LogP contribution < -0.4 is 9.47 Å². The molecule has 1 N–H and O–H groups in total. The van der Waals surface area contributed by atoms with E-state index in [1.54, 1.807) is 32.4 Å². The number of benzene rings is 1. The standard InChI is InChI=1S/C16H19NO3/c1-4-12-7-8-14(15(10-12)19-3)20-16-13(11(2)18)6-5-9-17-16/h5-11,18H,4H2,1-3H3. The Morgan fingerprint density at radius 2 is 2.05 bits per heavy atom. The maximum Gasteiger partial charge on any atom is 0.225 e. The predicted octanol–water partition coefficient (Wildman–Crippen LogP) is 3.50. The van der Waals surface area contributed by atoms with E-state index in [2.05, 4.69) is 11.9 Å². The van der Waals surface area contributed by atoms with Gasteiger partial charge in [-0.25, -0.2) is 4.98 Å². The molecule has 0 bridgehead atoms. The predicted molar refractivity (Wildman–Crippen MR) is 77.3 cm³/mol. The van der Waals surface area contributed by atoms with Crippen LogP contribution in [-0.2, 0) is 6.42 Å². The van der Waals surface area contributed by atoms with Gasteiger partial charge in [0.15, 0.2) is 11.5 Å². The van der Waals surface area contributed by atoms with E-state index in [1.165, 1.54) is 5.56 Å². The molecule has 0 aliphatic carbocycles. The molecule has 20 heavy (non-hydrogen) atoms. The van der Waals surface area contributed by atoms with Gasteiger partial charge in [-0.3, -0.25) is 0 Å². The lowest BCUT2D eigenvalue weighted by Crippen LogP contribution is -1.99. The van der Waals surface area contributed by atoms with Gasteiger partial charge in [-0.2, -0.15) is 0 Å². The first-order valence-corrected chi connectivity index (χ1v) is 6.63. The average molecular weight is 273 g/mol. The lowest BCUT2D eigenvalue weighted by Gasteiger charge is -2.14. The zero-order valence-corrected chi connectivity index (χ0v) is 12.0. The smallest absolute Gasteiger partial charge is 0.225 e. The highest BCUT2D eigenvalue weighted by atomic mass is 16.5. The number of aliphatic hydroxyl groups is 1. The Bertz CT molecular complexity index is 582. The van der Waals surface area contributed by atoms with Crippen LogP contribution in [0.25, 0.3) is 0 Å². The summed E-state index contributed by atoms with van der Waals surface area (Å²) in [6.45, 7) is 3.76. The van der Waals surface area contributed by atoms with Crippen LogP contribution in [0, 0.1) is 0 Å². The molecule has 4 heteroatoms. The third-order valence-corrected chi connectivity index (χ3v) is 3.09. The average Bonchev–Trinajstić information content (AvgIpc) is 2.48. The maximum absolute atomic E-state index is 9.74. The summed E-state index contributed by atoms with van der Waals surface area (Å²) in [7, 11) is 1.61. The molecule has 106 valence electrons. The fraction of sp³-hybridized carbons (Fsp3) is 0.312. The Morgan fingerprint density at radius 1 is 1.25 bits per heavy atom. The Kier molecular flexibility index (Phi) is 4.58. The normalized spacial score (nSPS) is 12.0. The van der Waals surface area contributed by atoms with Gasteiger partial charge in [0, 0.05) is 11.8 Å². The highest BCUT2D eigenvalue weighted by Crippen LogP contribution is 2.34. The molecule has 0 fully saturated rings. The number of nitrogens with zero attached hydrogens (tertiary/aromatic N) is 1. The van der Waals surface area contributed by atoms with Crippen molar-refractivity contribution in [3.8, 4) is 17.4 Å². The fourth-order valence-corrected chi connectivity index (χ4v) is 1.93. The molecular weight excluding hydrogens is 254 g/mol. The molecule has 0 amide bonds. The quantitative estimate of drug-likeness (QED) is 0.906. The van der Waals surface area contributed by atoms with Gasteiger partial charge in [0.05, 0.1) is 13.2 Å². The largest absolute Gasteiger partial charge is 0.493 e. The molecule has 1 heterocycles. The van der Waals surface area contributed by atoms with E-state index >= 15 is 0 Å². The minimum absolute atomic E-state index is 0.394. The molecule has 1 unspecified atom stereocenters. The lowest BCUT2D eigenvalue weighted by molar-refractivity contribution is 0.194. The first-order valence-electron chi connectivity index (χ1n) is 6.63. The van der Waals surface area contributed by atoms with Crippen molar-refractivity contribution in [3.63, 3.8) is 0 Å². The molecule has 1 aromatic carbocycles. The molecule has 1 aromatic heterocycles. The zero-order valence-electron chi connectivity index (χ0n) is 12.0. The molecule has 4 nitrogen and oxygen atoms in total. The lowest BCUT2D eigenvalue weighted by atomic mass is 10.1. The van der Waals surface area contributed by atoms with E-state index in [-0.39, 0.29) is 0 Å². The van der Waals surface area contributed by atoms with E-state index in [9.17, 15) is 5.11 Å². The molecule has 2 aromatic rings. The van der Waals surface area contributed by atoms with Gasteiger partial charge in [0.2, 0.25) is 5.88 Å². The first-order chi connectivity index (χ1) is 9.65. The molecule has 0 saturated carbocycles. The van der Waals surface area contributed by atoms with Gasteiger partial charge < -0.3 is 14.6 Å². The number of methoxy groups -OCH3 is 1. The summed E-state index contributed by atoms with van der Waals surface area (Å²) in [5, 5.41) is 9.74. The number of hydrogen-bond donors (Lipinski definition) is 1. The first kappa shape index (κ1) is 14.3. The Morgan fingerprint density at radius 3 is 2.70 bits per heavy atom. The summed E-state index contributed by atoms with van der Waals surface area (Å²) >= 11 is 0. The second kappa shape index (κ2) is 6.39. The highest BCUT2D eigenvalue weighted by Gasteiger charge is 2.13. The third kappa shape index (κ3) is 3.08. The summed E-state index contributed by atoms with van der Waals surface area (Å²) in [4.78, 5) is 4.18. The second-order valence-electron chi connectivity index (χ2n) is 4.51. The van der Waals surface area contributed by atoms with Gasteiger partial charge in [0.1, 0.15) is 0 Å². The van der Waals surface area contributed by atoms with Gasteiger partial charge in [0.25, 0.3) is 0 Å². The molecule has 2 rings (SSSR count). The number of ether oxygens (including phenoxy) is 2.